The number of hydrogen-bond acceptors (Lipinski definition) is 4. The second-order valence-corrected chi connectivity index (χ2v) is 2.36. The molecule has 62 valence electrons. The van der Waals surface area contributed by atoms with E-state index in [1.807, 2.05) is 6.92 Å². The maximum Gasteiger partial charge on any atom is 0.171 e. The summed E-state index contributed by atoms with van der Waals surface area (Å²) in [4.78, 5) is 0. The minimum Gasteiger partial charge on any atom is -0.379 e. The van der Waals surface area contributed by atoms with Crippen LogP contribution in [0.1, 0.15) is 20.8 Å². The number of aliphatic hydroxyl groups excluding tert-OH is 1. The summed E-state index contributed by atoms with van der Waals surface area (Å²) in [5.74, 6) is -0.928. The van der Waals surface area contributed by atoms with Crippen molar-refractivity contribution < 1.29 is 9.84 Å². The van der Waals surface area contributed by atoms with Crippen molar-refractivity contribution in [1.29, 1.82) is 0 Å². The first kappa shape index (κ1) is 9.84. The lowest BCUT2D eigenvalue weighted by molar-refractivity contribution is -0.0773. The van der Waals surface area contributed by atoms with Crippen molar-refractivity contribution >= 4 is 0 Å². The van der Waals surface area contributed by atoms with Crippen molar-refractivity contribution in [3.63, 3.8) is 0 Å². The highest BCUT2D eigenvalue weighted by Gasteiger charge is 2.18. The fourth-order valence-electron chi connectivity index (χ4n) is 0.756. The fraction of sp³-hybridized carbons (Fsp3) is 1.00. The zero-order valence-corrected chi connectivity index (χ0v) is 6.72. The number of nitrogens with two attached hydrogens (primary N) is 1. The molecular weight excluding hydrogens is 132 g/mol. The lowest BCUT2D eigenvalue weighted by Gasteiger charge is -2.27. The van der Waals surface area contributed by atoms with Crippen molar-refractivity contribution in [2.75, 3.05) is 6.61 Å². The van der Waals surface area contributed by atoms with Gasteiger partial charge in [-0.3, -0.25) is 11.1 Å². The number of hydrogen-bond donors (Lipinski definition) is 3. The molecule has 0 aliphatic heterocycles. The molecule has 0 aromatic carbocycles. The van der Waals surface area contributed by atoms with E-state index in [1.54, 1.807) is 13.8 Å². The third kappa shape index (κ3) is 4.69. The Labute approximate surface area is 61.4 Å². The van der Waals surface area contributed by atoms with Crippen molar-refractivity contribution in [3.05, 3.63) is 0 Å². The van der Waals surface area contributed by atoms with E-state index in [4.69, 9.17) is 15.6 Å². The highest BCUT2D eigenvalue weighted by molar-refractivity contribution is 4.62. The average Bonchev–Trinajstić information content (AvgIpc) is 1.59. The molecule has 0 amide bonds. The van der Waals surface area contributed by atoms with Crippen molar-refractivity contribution in [1.82, 2.24) is 5.32 Å². The molecule has 0 aliphatic carbocycles. The van der Waals surface area contributed by atoms with Gasteiger partial charge in [0.05, 0.1) is 0 Å². The first-order valence-electron chi connectivity index (χ1n) is 3.36. The van der Waals surface area contributed by atoms with Gasteiger partial charge in [-0.15, -0.1) is 0 Å². The van der Waals surface area contributed by atoms with E-state index in [-0.39, 0.29) is 0 Å². The SMILES string of the molecule is CCOC(C)(N)NC(C)O. The largest absolute Gasteiger partial charge is 0.379 e. The Kier molecular flexibility index (Phi) is 3.81. The maximum absolute atomic E-state index is 8.84. The molecule has 0 aromatic heterocycles. The van der Waals surface area contributed by atoms with Gasteiger partial charge in [-0.05, 0) is 20.8 Å². The van der Waals surface area contributed by atoms with Crippen LogP contribution < -0.4 is 11.1 Å². The molecule has 0 spiro atoms. The Bertz CT molecular complexity index is 93.7. The summed E-state index contributed by atoms with van der Waals surface area (Å²) in [7, 11) is 0. The van der Waals surface area contributed by atoms with E-state index in [2.05, 4.69) is 5.32 Å². The summed E-state index contributed by atoms with van der Waals surface area (Å²) >= 11 is 0. The van der Waals surface area contributed by atoms with Gasteiger partial charge in [-0.25, -0.2) is 0 Å². The number of aliphatic hydroxyl groups is 1. The molecule has 0 rings (SSSR count). The minimum atomic E-state index is -0.928. The molecule has 0 saturated carbocycles. The summed E-state index contributed by atoms with van der Waals surface area (Å²) in [5, 5.41) is 11.5. The average molecular weight is 148 g/mol. The summed E-state index contributed by atoms with van der Waals surface area (Å²) < 4.78 is 5.05. The van der Waals surface area contributed by atoms with Gasteiger partial charge in [0.2, 0.25) is 0 Å². The minimum absolute atomic E-state index is 0.521. The second-order valence-electron chi connectivity index (χ2n) is 2.36. The molecular formula is C6H16N2O2. The van der Waals surface area contributed by atoms with E-state index in [0.29, 0.717) is 6.61 Å². The van der Waals surface area contributed by atoms with Gasteiger partial charge in [0, 0.05) is 6.61 Å². The van der Waals surface area contributed by atoms with Crippen LogP contribution in [0.2, 0.25) is 0 Å². The van der Waals surface area contributed by atoms with Crippen molar-refractivity contribution in [2.45, 2.75) is 32.8 Å². The molecule has 0 bridgehead atoms. The smallest absolute Gasteiger partial charge is 0.171 e. The first-order chi connectivity index (χ1) is 4.48. The van der Waals surface area contributed by atoms with Crippen molar-refractivity contribution in [2.24, 2.45) is 5.73 Å². The predicted molar refractivity (Wildman–Crippen MR) is 39.0 cm³/mol. The fourth-order valence-corrected chi connectivity index (χ4v) is 0.756. The standard InChI is InChI=1S/C6H16N2O2/c1-4-10-6(3,7)8-5(2)9/h5,8-9H,4,7H2,1-3H3. The Balaban J connectivity index is 3.63. The van der Waals surface area contributed by atoms with Gasteiger partial charge in [0.15, 0.2) is 5.85 Å². The van der Waals surface area contributed by atoms with E-state index in [9.17, 15) is 0 Å². The molecule has 0 radical (unpaired) electrons. The van der Waals surface area contributed by atoms with Gasteiger partial charge in [-0.1, -0.05) is 0 Å². The van der Waals surface area contributed by atoms with Gasteiger partial charge in [0.25, 0.3) is 0 Å². The van der Waals surface area contributed by atoms with Crippen LogP contribution in [0.4, 0.5) is 0 Å². The molecule has 0 saturated heterocycles. The van der Waals surface area contributed by atoms with Crippen LogP contribution in [0.25, 0.3) is 0 Å². The van der Waals surface area contributed by atoms with Gasteiger partial charge in [0.1, 0.15) is 6.23 Å². The Morgan fingerprint density at radius 1 is 1.80 bits per heavy atom. The van der Waals surface area contributed by atoms with Crippen molar-refractivity contribution in [3.8, 4) is 0 Å². The molecule has 4 heteroatoms. The third-order valence-electron chi connectivity index (χ3n) is 0.940. The Morgan fingerprint density at radius 2 is 2.30 bits per heavy atom. The van der Waals surface area contributed by atoms with Gasteiger partial charge >= 0.3 is 0 Å². The maximum atomic E-state index is 8.84. The van der Waals surface area contributed by atoms with Crippen LogP contribution in [-0.4, -0.2) is 23.8 Å². The quantitative estimate of drug-likeness (QED) is 0.474. The number of nitrogens with one attached hydrogen (secondary N) is 1. The summed E-state index contributed by atoms with van der Waals surface area (Å²) in [6.45, 7) is 5.61. The third-order valence-corrected chi connectivity index (χ3v) is 0.940. The number of rotatable bonds is 4. The lowest BCUT2D eigenvalue weighted by atomic mass is 10.4. The molecule has 10 heavy (non-hydrogen) atoms. The summed E-state index contributed by atoms with van der Waals surface area (Å²) in [5.41, 5.74) is 5.53. The molecule has 2 unspecified atom stereocenters. The van der Waals surface area contributed by atoms with Gasteiger partial charge in [-0.2, -0.15) is 0 Å². The normalized spacial score (nSPS) is 20.1. The molecule has 2 atom stereocenters. The molecule has 0 aliphatic rings. The van der Waals surface area contributed by atoms with Crippen LogP contribution in [0.15, 0.2) is 0 Å². The summed E-state index contributed by atoms with van der Waals surface area (Å²) in [6, 6.07) is 0. The monoisotopic (exact) mass is 148 g/mol. The molecule has 4 nitrogen and oxygen atoms in total. The van der Waals surface area contributed by atoms with Crippen LogP contribution >= 0.6 is 0 Å². The summed E-state index contributed by atoms with van der Waals surface area (Å²) in [6.07, 6.45) is -0.651. The number of ether oxygens (including phenoxy) is 1. The molecule has 0 heterocycles. The zero-order valence-electron chi connectivity index (χ0n) is 6.72. The van der Waals surface area contributed by atoms with E-state index >= 15 is 0 Å². The van der Waals surface area contributed by atoms with Crippen LogP contribution in [0.3, 0.4) is 0 Å². The first-order valence-corrected chi connectivity index (χ1v) is 3.36. The van der Waals surface area contributed by atoms with Crippen LogP contribution in [-0.2, 0) is 4.74 Å². The Morgan fingerprint density at radius 3 is 2.60 bits per heavy atom. The molecule has 0 aromatic rings. The Hall–Kier alpha value is -0.160. The molecule has 0 fully saturated rings. The van der Waals surface area contributed by atoms with Crippen LogP contribution in [0, 0.1) is 0 Å². The van der Waals surface area contributed by atoms with E-state index in [1.165, 1.54) is 0 Å². The second kappa shape index (κ2) is 3.88. The topological polar surface area (TPSA) is 67.5 Å². The molecule has 4 N–H and O–H groups in total. The zero-order chi connectivity index (χ0) is 8.20. The highest BCUT2D eigenvalue weighted by atomic mass is 16.5. The van der Waals surface area contributed by atoms with E-state index < -0.39 is 12.1 Å². The van der Waals surface area contributed by atoms with Gasteiger partial charge < -0.3 is 9.84 Å². The predicted octanol–water partition coefficient (Wildman–Crippen LogP) is -0.417. The van der Waals surface area contributed by atoms with Crippen LogP contribution in [0.5, 0.6) is 0 Å². The van der Waals surface area contributed by atoms with E-state index in [0.717, 1.165) is 0 Å². The highest BCUT2D eigenvalue weighted by Crippen LogP contribution is 1.96. The lowest BCUT2D eigenvalue weighted by Crippen LogP contribution is -2.56.